The van der Waals surface area contributed by atoms with Crippen molar-refractivity contribution in [3.05, 3.63) is 42.1 Å². The fourth-order valence-electron chi connectivity index (χ4n) is 1.91. The number of aromatic nitrogens is 2. The van der Waals surface area contributed by atoms with Crippen LogP contribution >= 0.6 is 11.8 Å². The summed E-state index contributed by atoms with van der Waals surface area (Å²) < 4.78 is 43.6. The highest BCUT2D eigenvalue weighted by molar-refractivity contribution is 7.99. The predicted molar refractivity (Wildman–Crippen MR) is 76.3 cm³/mol. The number of nitrogens with zero attached hydrogens (tertiary/aromatic N) is 2. The van der Waals surface area contributed by atoms with Crippen LogP contribution in [0.2, 0.25) is 0 Å². The number of oxazole rings is 1. The van der Waals surface area contributed by atoms with E-state index in [9.17, 15) is 13.2 Å². The molecule has 3 nitrogen and oxygen atoms in total. The zero-order valence-electron chi connectivity index (χ0n) is 11.4. The van der Waals surface area contributed by atoms with E-state index in [1.165, 1.54) is 0 Å². The van der Waals surface area contributed by atoms with Gasteiger partial charge >= 0.3 is 6.18 Å². The summed E-state index contributed by atoms with van der Waals surface area (Å²) in [6.45, 7) is 1.99. The first-order chi connectivity index (χ1) is 10.5. The molecule has 0 aliphatic carbocycles. The van der Waals surface area contributed by atoms with Gasteiger partial charge in [-0.05, 0) is 11.8 Å². The zero-order valence-corrected chi connectivity index (χ0v) is 12.2. The molecule has 0 spiro atoms. The Kier molecular flexibility index (Phi) is 3.71. The van der Waals surface area contributed by atoms with Gasteiger partial charge in [0.15, 0.2) is 0 Å². The maximum Gasteiger partial charge on any atom is 0.417 e. The summed E-state index contributed by atoms with van der Waals surface area (Å²) in [5, 5.41) is 0. The minimum atomic E-state index is -4.46. The van der Waals surface area contributed by atoms with Crippen molar-refractivity contribution < 1.29 is 17.6 Å². The molecule has 0 aliphatic heterocycles. The molecule has 0 atom stereocenters. The molecule has 0 saturated carbocycles. The van der Waals surface area contributed by atoms with Crippen LogP contribution in [0.4, 0.5) is 13.2 Å². The first-order valence-electron chi connectivity index (χ1n) is 6.37. The Morgan fingerprint density at radius 2 is 2.05 bits per heavy atom. The highest BCUT2D eigenvalue weighted by atomic mass is 32.2. The molecule has 3 rings (SSSR count). The van der Waals surface area contributed by atoms with Crippen LogP contribution in [0.15, 0.2) is 33.7 Å². The number of rotatable bonds is 3. The van der Waals surface area contributed by atoms with Gasteiger partial charge in [0.1, 0.15) is 5.52 Å². The predicted octanol–water partition coefficient (Wildman–Crippen LogP) is 4.62. The Morgan fingerprint density at radius 1 is 1.27 bits per heavy atom. The van der Waals surface area contributed by atoms with Gasteiger partial charge in [0.05, 0.1) is 11.1 Å². The Balaban J connectivity index is 2.09. The van der Waals surface area contributed by atoms with Crippen molar-refractivity contribution in [3.8, 4) is 11.5 Å². The minimum Gasteiger partial charge on any atom is -0.418 e. The van der Waals surface area contributed by atoms with Gasteiger partial charge in [-0.15, -0.1) is 11.8 Å². The summed E-state index contributed by atoms with van der Waals surface area (Å²) in [5.41, 5.74) is -0.0403. The molecule has 0 unspecified atom stereocenters. The topological polar surface area (TPSA) is 38.9 Å². The number of halogens is 3. The molecular formula is C15H9F3N2OS. The second-order valence-corrected chi connectivity index (χ2v) is 5.66. The quantitative estimate of drug-likeness (QED) is 0.660. The van der Waals surface area contributed by atoms with Gasteiger partial charge in [-0.2, -0.15) is 13.2 Å². The van der Waals surface area contributed by atoms with Gasteiger partial charge in [-0.3, -0.25) is 0 Å². The molecule has 0 fully saturated rings. The van der Waals surface area contributed by atoms with Gasteiger partial charge in [0, 0.05) is 23.2 Å². The Labute approximate surface area is 128 Å². The van der Waals surface area contributed by atoms with E-state index in [-0.39, 0.29) is 17.1 Å². The number of pyridine rings is 1. The number of alkyl halides is 3. The van der Waals surface area contributed by atoms with Crippen molar-refractivity contribution in [2.24, 2.45) is 0 Å². The lowest BCUT2D eigenvalue weighted by molar-refractivity contribution is -0.137. The van der Waals surface area contributed by atoms with Crippen molar-refractivity contribution in [2.75, 3.05) is 5.75 Å². The van der Waals surface area contributed by atoms with E-state index in [0.29, 0.717) is 5.56 Å². The van der Waals surface area contributed by atoms with E-state index in [0.717, 1.165) is 22.9 Å². The molecule has 0 N–H and O–H groups in total. The molecule has 22 heavy (non-hydrogen) atoms. The van der Waals surface area contributed by atoms with E-state index < -0.39 is 11.7 Å². The SMILES string of the molecule is CCSc1cc#ccc1-c1nc2cc(C(F)(F)F)cnc2o1. The number of hydrogen-bond acceptors (Lipinski definition) is 4. The lowest BCUT2D eigenvalue weighted by atomic mass is 10.2. The third kappa shape index (κ3) is 2.74. The third-order valence-corrected chi connectivity index (χ3v) is 3.81. The summed E-state index contributed by atoms with van der Waals surface area (Å²) >= 11 is 1.56. The summed E-state index contributed by atoms with van der Waals surface area (Å²) in [4.78, 5) is 8.70. The third-order valence-electron chi connectivity index (χ3n) is 2.87. The molecule has 0 aliphatic rings. The van der Waals surface area contributed by atoms with Crippen molar-refractivity contribution in [3.63, 3.8) is 0 Å². The van der Waals surface area contributed by atoms with E-state index >= 15 is 0 Å². The highest BCUT2D eigenvalue weighted by Crippen LogP contribution is 2.34. The fraction of sp³-hybridized carbons (Fsp3) is 0.200. The van der Waals surface area contributed by atoms with E-state index in [1.807, 2.05) is 6.92 Å². The normalized spacial score (nSPS) is 11.6. The standard InChI is InChI=1S/C15H9F3N2OS/c1-2-22-12-6-4-3-5-10(12)13-20-11-7-9(15(16,17)18)8-19-14(11)21-13/h5-8H,2H2,1H3. The summed E-state index contributed by atoms with van der Waals surface area (Å²) in [5.74, 6) is 1.06. The minimum absolute atomic E-state index is 0.0725. The number of hydrogen-bond donors (Lipinski definition) is 0. The lowest BCUT2D eigenvalue weighted by Crippen LogP contribution is -2.04. The summed E-state index contributed by atoms with van der Waals surface area (Å²) in [7, 11) is 0. The Morgan fingerprint density at radius 3 is 2.77 bits per heavy atom. The van der Waals surface area contributed by atoms with Gasteiger partial charge in [-0.1, -0.05) is 19.1 Å². The van der Waals surface area contributed by atoms with Gasteiger partial charge < -0.3 is 4.42 Å². The first kappa shape index (κ1) is 14.7. The largest absolute Gasteiger partial charge is 0.418 e. The average molecular weight is 322 g/mol. The average Bonchev–Trinajstić information content (AvgIpc) is 2.90. The lowest BCUT2D eigenvalue weighted by Gasteiger charge is -2.03. The zero-order chi connectivity index (χ0) is 15.7. The summed E-state index contributed by atoms with van der Waals surface area (Å²) in [6, 6.07) is 9.96. The number of fused-ring (bicyclic) bond motifs is 1. The molecule has 2 aromatic heterocycles. The molecule has 0 radical (unpaired) electrons. The molecule has 0 bridgehead atoms. The molecule has 0 saturated heterocycles. The highest BCUT2D eigenvalue weighted by Gasteiger charge is 2.31. The van der Waals surface area contributed by atoms with E-state index in [4.69, 9.17) is 4.42 Å². The molecule has 7 heteroatoms. The van der Waals surface area contributed by atoms with Crippen LogP contribution < -0.4 is 0 Å². The Hall–Kier alpha value is -2.20. The fourth-order valence-corrected chi connectivity index (χ4v) is 2.66. The molecule has 0 amide bonds. The number of thioether (sulfide) groups is 1. The van der Waals surface area contributed by atoms with Crippen LogP contribution in [0.25, 0.3) is 22.7 Å². The van der Waals surface area contributed by atoms with Crippen LogP contribution in [-0.4, -0.2) is 15.7 Å². The van der Waals surface area contributed by atoms with Crippen LogP contribution in [0.1, 0.15) is 12.5 Å². The van der Waals surface area contributed by atoms with Gasteiger partial charge in [0.2, 0.25) is 11.6 Å². The van der Waals surface area contributed by atoms with Gasteiger partial charge in [0.25, 0.3) is 0 Å². The van der Waals surface area contributed by atoms with Crippen LogP contribution in [0.5, 0.6) is 0 Å². The first-order valence-corrected chi connectivity index (χ1v) is 7.36. The summed E-state index contributed by atoms with van der Waals surface area (Å²) in [6.07, 6.45) is -3.72. The van der Waals surface area contributed by atoms with Crippen LogP contribution in [0, 0.1) is 12.1 Å². The maximum absolute atomic E-state index is 12.7. The molecule has 2 heterocycles. The van der Waals surface area contributed by atoms with Crippen molar-refractivity contribution in [1.29, 1.82) is 0 Å². The Bertz CT molecular complexity index is 814. The van der Waals surface area contributed by atoms with Crippen molar-refractivity contribution >= 4 is 23.0 Å². The monoisotopic (exact) mass is 322 g/mol. The van der Waals surface area contributed by atoms with E-state index in [1.54, 1.807) is 23.9 Å². The van der Waals surface area contributed by atoms with Crippen molar-refractivity contribution in [2.45, 2.75) is 18.0 Å². The molecule has 3 aromatic rings. The van der Waals surface area contributed by atoms with Crippen LogP contribution in [0.3, 0.4) is 0 Å². The maximum atomic E-state index is 12.7. The van der Waals surface area contributed by atoms with Crippen molar-refractivity contribution in [1.82, 2.24) is 9.97 Å². The second kappa shape index (κ2) is 5.54. The molecular weight excluding hydrogens is 313 g/mol. The molecule has 1 aromatic carbocycles. The second-order valence-electron chi connectivity index (χ2n) is 4.35. The van der Waals surface area contributed by atoms with Gasteiger partial charge in [-0.25, -0.2) is 9.97 Å². The smallest absolute Gasteiger partial charge is 0.417 e. The van der Waals surface area contributed by atoms with Crippen LogP contribution in [-0.2, 0) is 6.18 Å². The van der Waals surface area contributed by atoms with E-state index in [2.05, 4.69) is 22.1 Å². The molecule has 112 valence electrons.